The molecule has 1 amide bonds. The van der Waals surface area contributed by atoms with Gasteiger partial charge in [-0.25, -0.2) is 12.8 Å². The number of oxime groups is 1. The van der Waals surface area contributed by atoms with E-state index in [4.69, 9.17) is 28.0 Å². The molecule has 3 aliphatic rings. The van der Waals surface area contributed by atoms with Crippen LogP contribution >= 0.6 is 23.2 Å². The van der Waals surface area contributed by atoms with Gasteiger partial charge in [0.25, 0.3) is 5.91 Å². The Morgan fingerprint density at radius 1 is 1.23 bits per heavy atom. The highest BCUT2D eigenvalue weighted by Crippen LogP contribution is 2.36. The van der Waals surface area contributed by atoms with Gasteiger partial charge in [-0.3, -0.25) is 4.79 Å². The average Bonchev–Trinajstić information content (AvgIpc) is 3.14. The molecule has 6 nitrogen and oxygen atoms in total. The SMILES string of the molecule is CC1=C(C(=O)NC2CS(=O)(=O)C2)C=CC(C2=NOC(c3cc(Cl)c(F)c(Cl)c3)C2)C1. The lowest BCUT2D eigenvalue weighted by Crippen LogP contribution is -2.53. The number of halogens is 3. The van der Waals surface area contributed by atoms with Crippen molar-refractivity contribution in [1.82, 2.24) is 5.32 Å². The molecule has 10 heteroatoms. The molecule has 0 radical (unpaired) electrons. The van der Waals surface area contributed by atoms with E-state index in [2.05, 4.69) is 10.5 Å². The zero-order chi connectivity index (χ0) is 21.6. The fourth-order valence-electron chi connectivity index (χ4n) is 3.83. The summed E-state index contributed by atoms with van der Waals surface area (Å²) in [5, 5.41) is 6.81. The third-order valence-corrected chi connectivity index (χ3v) is 7.84. The van der Waals surface area contributed by atoms with E-state index in [1.165, 1.54) is 12.1 Å². The van der Waals surface area contributed by atoms with Crippen molar-refractivity contribution in [2.75, 3.05) is 11.5 Å². The number of benzene rings is 1. The molecule has 2 heterocycles. The molecule has 1 aromatic rings. The number of nitrogens with zero attached hydrogens (tertiary/aromatic N) is 1. The number of carbonyl (C=O) groups excluding carboxylic acids is 1. The molecule has 30 heavy (non-hydrogen) atoms. The smallest absolute Gasteiger partial charge is 0.251 e. The summed E-state index contributed by atoms with van der Waals surface area (Å²) in [6.07, 6.45) is 4.34. The molecule has 2 aliphatic heterocycles. The molecule has 160 valence electrons. The molecule has 1 saturated heterocycles. The van der Waals surface area contributed by atoms with E-state index >= 15 is 0 Å². The first kappa shape index (κ1) is 21.3. The van der Waals surface area contributed by atoms with Crippen LogP contribution in [0.4, 0.5) is 4.39 Å². The third kappa shape index (κ3) is 4.26. The van der Waals surface area contributed by atoms with Gasteiger partial charge in [0.05, 0.1) is 33.3 Å². The third-order valence-electron chi connectivity index (χ3n) is 5.47. The lowest BCUT2D eigenvalue weighted by molar-refractivity contribution is -0.117. The van der Waals surface area contributed by atoms with E-state index in [1.54, 1.807) is 6.08 Å². The zero-order valence-electron chi connectivity index (χ0n) is 16.0. The molecule has 1 fully saturated rings. The van der Waals surface area contributed by atoms with E-state index in [-0.39, 0.29) is 39.4 Å². The van der Waals surface area contributed by atoms with Crippen LogP contribution in [0.1, 0.15) is 31.4 Å². The van der Waals surface area contributed by atoms with Crippen LogP contribution in [-0.2, 0) is 19.5 Å². The van der Waals surface area contributed by atoms with Crippen LogP contribution < -0.4 is 5.32 Å². The van der Waals surface area contributed by atoms with Gasteiger partial charge in [0.2, 0.25) is 0 Å². The predicted octanol–water partition coefficient (Wildman–Crippen LogP) is 3.76. The monoisotopic (exact) mass is 472 g/mol. The maximum Gasteiger partial charge on any atom is 0.251 e. The summed E-state index contributed by atoms with van der Waals surface area (Å²) in [4.78, 5) is 18.0. The normalized spacial score (nSPS) is 25.5. The molecular weight excluding hydrogens is 454 g/mol. The second-order valence-corrected chi connectivity index (χ2v) is 10.8. The first-order valence-corrected chi connectivity index (χ1v) is 12.0. The highest BCUT2D eigenvalue weighted by atomic mass is 35.5. The summed E-state index contributed by atoms with van der Waals surface area (Å²) < 4.78 is 36.2. The van der Waals surface area contributed by atoms with Crippen molar-refractivity contribution in [3.8, 4) is 0 Å². The number of hydrogen-bond acceptors (Lipinski definition) is 5. The average molecular weight is 473 g/mol. The largest absolute Gasteiger partial charge is 0.387 e. The van der Waals surface area contributed by atoms with Crippen molar-refractivity contribution in [2.24, 2.45) is 11.1 Å². The molecular formula is C20H19Cl2FN2O4S. The number of allylic oxidation sites excluding steroid dienone is 2. The quantitative estimate of drug-likeness (QED) is 0.676. The van der Waals surface area contributed by atoms with Gasteiger partial charge in [0, 0.05) is 17.9 Å². The van der Waals surface area contributed by atoms with E-state index in [1.807, 2.05) is 13.0 Å². The lowest BCUT2D eigenvalue weighted by Gasteiger charge is -2.28. The Balaban J connectivity index is 1.38. The Labute approximate surface area is 183 Å². The van der Waals surface area contributed by atoms with E-state index in [9.17, 15) is 17.6 Å². The fourth-order valence-corrected chi connectivity index (χ4v) is 5.63. The second-order valence-electron chi connectivity index (χ2n) is 7.79. The van der Waals surface area contributed by atoms with Crippen LogP contribution in [-0.4, -0.2) is 37.6 Å². The number of nitrogens with one attached hydrogen (secondary N) is 1. The van der Waals surface area contributed by atoms with Gasteiger partial charge in [-0.15, -0.1) is 0 Å². The number of carbonyl (C=O) groups is 1. The van der Waals surface area contributed by atoms with E-state index in [0.717, 1.165) is 11.3 Å². The maximum absolute atomic E-state index is 13.6. The molecule has 4 rings (SSSR count). The molecule has 1 aromatic carbocycles. The van der Waals surface area contributed by atoms with Gasteiger partial charge in [-0.05, 0) is 31.0 Å². The fraction of sp³-hybridized carbons (Fsp3) is 0.400. The summed E-state index contributed by atoms with van der Waals surface area (Å²) in [5.74, 6) is -0.973. The number of sulfone groups is 1. The molecule has 2 atom stereocenters. The first-order chi connectivity index (χ1) is 14.1. The second kappa shape index (κ2) is 7.98. The minimum absolute atomic E-state index is 0.00956. The zero-order valence-corrected chi connectivity index (χ0v) is 18.3. The number of amides is 1. The van der Waals surface area contributed by atoms with Crippen molar-refractivity contribution < 1.29 is 22.4 Å². The lowest BCUT2D eigenvalue weighted by atomic mass is 9.85. The van der Waals surface area contributed by atoms with Crippen molar-refractivity contribution in [2.45, 2.75) is 31.9 Å². The van der Waals surface area contributed by atoms with Gasteiger partial charge in [-0.2, -0.15) is 0 Å². The van der Waals surface area contributed by atoms with Gasteiger partial charge in [0.15, 0.2) is 21.8 Å². The van der Waals surface area contributed by atoms with Crippen molar-refractivity contribution in [3.05, 3.63) is 56.9 Å². The van der Waals surface area contributed by atoms with Gasteiger partial charge in [-0.1, -0.05) is 46.1 Å². The topological polar surface area (TPSA) is 84.8 Å². The molecule has 0 saturated carbocycles. The first-order valence-electron chi connectivity index (χ1n) is 9.39. The minimum atomic E-state index is -2.99. The van der Waals surface area contributed by atoms with Gasteiger partial charge < -0.3 is 10.2 Å². The van der Waals surface area contributed by atoms with Crippen LogP contribution in [0.15, 0.2) is 40.6 Å². The molecule has 1 N–H and O–H groups in total. The van der Waals surface area contributed by atoms with Crippen LogP contribution in [0.3, 0.4) is 0 Å². The Morgan fingerprint density at radius 2 is 1.90 bits per heavy atom. The predicted molar refractivity (Wildman–Crippen MR) is 113 cm³/mol. The molecule has 1 aliphatic carbocycles. The molecule has 0 bridgehead atoms. The van der Waals surface area contributed by atoms with Crippen LogP contribution in [0.25, 0.3) is 0 Å². The summed E-state index contributed by atoms with van der Waals surface area (Å²) >= 11 is 11.7. The summed E-state index contributed by atoms with van der Waals surface area (Å²) in [6, 6.07) is 2.64. The van der Waals surface area contributed by atoms with Crippen molar-refractivity contribution in [1.29, 1.82) is 0 Å². The van der Waals surface area contributed by atoms with Crippen molar-refractivity contribution in [3.63, 3.8) is 0 Å². The minimum Gasteiger partial charge on any atom is -0.387 e. The summed E-state index contributed by atoms with van der Waals surface area (Å²) in [5.41, 5.74) is 2.90. The Morgan fingerprint density at radius 3 is 2.50 bits per heavy atom. The van der Waals surface area contributed by atoms with E-state index < -0.39 is 21.8 Å². The highest BCUT2D eigenvalue weighted by molar-refractivity contribution is 7.92. The van der Waals surface area contributed by atoms with E-state index in [0.29, 0.717) is 24.0 Å². The number of rotatable bonds is 4. The van der Waals surface area contributed by atoms with Gasteiger partial charge in [0.1, 0.15) is 0 Å². The van der Waals surface area contributed by atoms with Crippen LogP contribution in [0.5, 0.6) is 0 Å². The molecule has 2 unspecified atom stereocenters. The Hall–Kier alpha value is -1.90. The highest BCUT2D eigenvalue weighted by Gasteiger charge is 2.35. The standard InChI is InChI=1S/C20H19Cl2FN2O4S/c1-10-4-11(2-3-14(10)20(26)24-13-8-30(27,28)9-13)17-7-18(29-25-17)12-5-15(21)19(23)16(22)6-12/h2-3,5-6,11,13,18H,4,7-9H2,1H3,(H,24,26). The Bertz CT molecular complexity index is 1080. The maximum atomic E-state index is 13.6. The molecule has 0 aromatic heterocycles. The molecule has 0 spiro atoms. The van der Waals surface area contributed by atoms with Crippen LogP contribution in [0, 0.1) is 11.7 Å². The summed E-state index contributed by atoms with van der Waals surface area (Å²) in [7, 11) is -2.99. The van der Waals surface area contributed by atoms with Crippen LogP contribution in [0.2, 0.25) is 10.0 Å². The summed E-state index contributed by atoms with van der Waals surface area (Å²) in [6.45, 7) is 1.87. The Kier molecular flexibility index (Phi) is 5.67. The van der Waals surface area contributed by atoms with Gasteiger partial charge >= 0.3 is 0 Å². The number of hydrogen-bond donors (Lipinski definition) is 1. The van der Waals surface area contributed by atoms with Crippen molar-refractivity contribution >= 4 is 44.7 Å².